The fraction of sp³-hybridized carbons (Fsp3) is 0.706. The van der Waals surface area contributed by atoms with Gasteiger partial charge in [-0.05, 0) is 54.9 Å². The van der Waals surface area contributed by atoms with Gasteiger partial charge in [0.15, 0.2) is 0 Å². The molecule has 3 fully saturated rings. The minimum absolute atomic E-state index is 0.0251. The first-order valence-corrected chi connectivity index (χ1v) is 9.21. The molecular weight excluding hydrogens is 280 g/mol. The Kier molecular flexibility index (Phi) is 3.34. The smallest absolute Gasteiger partial charge is 0.241 e. The Morgan fingerprint density at radius 1 is 1.43 bits per heavy atom. The van der Waals surface area contributed by atoms with Gasteiger partial charge in [0.2, 0.25) is 5.91 Å². The molecule has 21 heavy (non-hydrogen) atoms. The lowest BCUT2D eigenvalue weighted by Gasteiger charge is -2.28. The van der Waals surface area contributed by atoms with Crippen LogP contribution in [0.15, 0.2) is 17.5 Å². The predicted octanol–water partition coefficient (Wildman–Crippen LogP) is 3.54. The van der Waals surface area contributed by atoms with Crippen LogP contribution in [0.2, 0.25) is 0 Å². The van der Waals surface area contributed by atoms with Crippen molar-refractivity contribution in [2.24, 2.45) is 11.3 Å². The summed E-state index contributed by atoms with van der Waals surface area (Å²) in [7, 11) is 0. The van der Waals surface area contributed by atoms with E-state index in [1.807, 2.05) is 0 Å². The number of thiophene rings is 1. The van der Waals surface area contributed by atoms with Crippen LogP contribution in [0.4, 0.5) is 0 Å². The van der Waals surface area contributed by atoms with E-state index >= 15 is 0 Å². The number of nitrogens with one attached hydrogen (secondary N) is 1. The van der Waals surface area contributed by atoms with E-state index in [4.69, 9.17) is 0 Å². The van der Waals surface area contributed by atoms with Crippen LogP contribution in [0.5, 0.6) is 0 Å². The topological polar surface area (TPSA) is 32.3 Å². The van der Waals surface area contributed by atoms with Crippen molar-refractivity contribution in [1.82, 2.24) is 10.2 Å². The number of carbonyl (C=O) groups is 1. The van der Waals surface area contributed by atoms with Crippen LogP contribution < -0.4 is 5.32 Å². The van der Waals surface area contributed by atoms with E-state index in [0.717, 1.165) is 25.3 Å². The van der Waals surface area contributed by atoms with E-state index in [-0.39, 0.29) is 12.2 Å². The molecule has 2 aliphatic carbocycles. The van der Waals surface area contributed by atoms with Gasteiger partial charge in [-0.25, -0.2) is 0 Å². The first-order valence-electron chi connectivity index (χ1n) is 8.33. The van der Waals surface area contributed by atoms with Crippen molar-refractivity contribution in [3.05, 3.63) is 22.4 Å². The largest absolute Gasteiger partial charge is 0.320 e. The van der Waals surface area contributed by atoms with Crippen molar-refractivity contribution in [3.63, 3.8) is 0 Å². The predicted molar refractivity (Wildman–Crippen MR) is 85.0 cm³/mol. The molecule has 0 spiro atoms. The van der Waals surface area contributed by atoms with Crippen molar-refractivity contribution >= 4 is 17.2 Å². The van der Waals surface area contributed by atoms with E-state index in [0.29, 0.717) is 11.3 Å². The summed E-state index contributed by atoms with van der Waals surface area (Å²) < 4.78 is 0. The van der Waals surface area contributed by atoms with Crippen molar-refractivity contribution in [2.45, 2.75) is 57.7 Å². The summed E-state index contributed by atoms with van der Waals surface area (Å²) in [4.78, 5) is 16.3. The van der Waals surface area contributed by atoms with Crippen LogP contribution in [0.3, 0.4) is 0 Å². The first kappa shape index (κ1) is 13.8. The number of rotatable bonds is 6. The highest BCUT2D eigenvalue weighted by atomic mass is 32.1. The Bertz CT molecular complexity index is 519. The summed E-state index contributed by atoms with van der Waals surface area (Å²) in [5, 5.41) is 5.70. The van der Waals surface area contributed by atoms with Gasteiger partial charge in [-0.3, -0.25) is 10.1 Å². The summed E-state index contributed by atoms with van der Waals surface area (Å²) in [6.07, 6.45) is 7.56. The molecule has 1 N–H and O–H groups in total. The number of nitrogens with zero attached hydrogens (tertiary/aromatic N) is 1. The van der Waals surface area contributed by atoms with Gasteiger partial charge in [-0.1, -0.05) is 19.4 Å². The van der Waals surface area contributed by atoms with Crippen molar-refractivity contribution in [3.8, 4) is 0 Å². The monoisotopic (exact) mass is 304 g/mol. The van der Waals surface area contributed by atoms with E-state index in [1.165, 1.54) is 30.6 Å². The van der Waals surface area contributed by atoms with E-state index in [1.54, 1.807) is 11.3 Å². The molecular formula is C17H24N2OS. The van der Waals surface area contributed by atoms with Gasteiger partial charge in [0.1, 0.15) is 6.17 Å². The van der Waals surface area contributed by atoms with Crippen LogP contribution in [-0.4, -0.2) is 23.4 Å². The first-order chi connectivity index (χ1) is 10.2. The molecule has 2 atom stereocenters. The molecule has 1 aliphatic heterocycles. The van der Waals surface area contributed by atoms with Gasteiger partial charge in [0.05, 0.1) is 6.04 Å². The van der Waals surface area contributed by atoms with E-state index in [2.05, 4.69) is 34.7 Å². The molecule has 3 aliphatic rings. The molecule has 0 bridgehead atoms. The summed E-state index contributed by atoms with van der Waals surface area (Å²) in [5.41, 5.74) is 0.480. The van der Waals surface area contributed by atoms with Gasteiger partial charge in [-0.2, -0.15) is 0 Å². The normalized spacial score (nSPS) is 30.9. The molecule has 4 rings (SSSR count). The molecule has 1 aromatic heterocycles. The van der Waals surface area contributed by atoms with Gasteiger partial charge in [0, 0.05) is 11.4 Å². The Morgan fingerprint density at radius 3 is 2.81 bits per heavy atom. The summed E-state index contributed by atoms with van der Waals surface area (Å²) >= 11 is 1.76. The minimum Gasteiger partial charge on any atom is -0.320 e. The number of hydrogen-bond donors (Lipinski definition) is 1. The minimum atomic E-state index is 0.0251. The second kappa shape index (κ2) is 5.10. The van der Waals surface area contributed by atoms with Crippen molar-refractivity contribution < 1.29 is 4.79 Å². The fourth-order valence-corrected chi connectivity index (χ4v) is 4.71. The Morgan fingerprint density at radius 2 is 2.24 bits per heavy atom. The maximum atomic E-state index is 12.8. The van der Waals surface area contributed by atoms with Crippen LogP contribution in [-0.2, 0) is 4.79 Å². The maximum Gasteiger partial charge on any atom is 0.241 e. The number of amides is 1. The SMILES string of the molecule is CCCC1NC(c2cccs2)N(CC2(C3CC3)CC2)C1=O. The number of carbonyl (C=O) groups excluding carboxylic acids is 1. The molecule has 2 heterocycles. The Hall–Kier alpha value is -0.870. The highest BCUT2D eigenvalue weighted by molar-refractivity contribution is 7.10. The molecule has 2 unspecified atom stereocenters. The van der Waals surface area contributed by atoms with E-state index in [9.17, 15) is 4.79 Å². The van der Waals surface area contributed by atoms with Crippen LogP contribution in [0.1, 0.15) is 56.5 Å². The Labute approximate surface area is 130 Å². The molecule has 114 valence electrons. The van der Waals surface area contributed by atoms with Crippen LogP contribution >= 0.6 is 11.3 Å². The zero-order chi connectivity index (χ0) is 14.4. The fourth-order valence-electron chi connectivity index (χ4n) is 3.92. The lowest BCUT2D eigenvalue weighted by atomic mass is 9.99. The highest BCUT2D eigenvalue weighted by Crippen LogP contribution is 2.62. The summed E-state index contributed by atoms with van der Waals surface area (Å²) in [5.74, 6) is 1.24. The van der Waals surface area contributed by atoms with Gasteiger partial charge in [0.25, 0.3) is 0 Å². The third-order valence-corrected chi connectivity index (χ3v) is 6.39. The summed E-state index contributed by atoms with van der Waals surface area (Å²) in [6, 6.07) is 4.27. The van der Waals surface area contributed by atoms with Crippen LogP contribution in [0, 0.1) is 11.3 Å². The third-order valence-electron chi connectivity index (χ3n) is 5.46. The molecule has 2 saturated carbocycles. The molecule has 0 aromatic carbocycles. The molecule has 0 radical (unpaired) electrons. The van der Waals surface area contributed by atoms with Gasteiger partial charge < -0.3 is 4.90 Å². The highest BCUT2D eigenvalue weighted by Gasteiger charge is 2.56. The quantitative estimate of drug-likeness (QED) is 0.872. The second-order valence-electron chi connectivity index (χ2n) is 7.03. The molecule has 4 heteroatoms. The third kappa shape index (κ3) is 2.42. The van der Waals surface area contributed by atoms with E-state index < -0.39 is 0 Å². The molecule has 1 aromatic rings. The van der Waals surface area contributed by atoms with Crippen molar-refractivity contribution in [2.75, 3.05) is 6.54 Å². The average molecular weight is 304 g/mol. The molecule has 1 amide bonds. The molecule has 3 nitrogen and oxygen atoms in total. The zero-order valence-corrected chi connectivity index (χ0v) is 13.5. The van der Waals surface area contributed by atoms with Crippen molar-refractivity contribution in [1.29, 1.82) is 0 Å². The summed E-state index contributed by atoms with van der Waals surface area (Å²) in [6.45, 7) is 3.14. The lowest BCUT2D eigenvalue weighted by Crippen LogP contribution is -2.36. The Balaban J connectivity index is 1.56. The molecule has 1 saturated heterocycles. The second-order valence-corrected chi connectivity index (χ2v) is 8.01. The number of hydrogen-bond acceptors (Lipinski definition) is 3. The standard InChI is InChI=1S/C17H24N2OS/c1-2-4-13-16(20)19(11-17(8-9-17)12-6-7-12)15(18-13)14-5-3-10-21-14/h3,5,10,12-13,15,18H,2,4,6-9,11H2,1H3. The van der Waals surface area contributed by atoms with Gasteiger partial charge in [-0.15, -0.1) is 11.3 Å². The maximum absolute atomic E-state index is 12.8. The zero-order valence-electron chi connectivity index (χ0n) is 12.7. The van der Waals surface area contributed by atoms with Gasteiger partial charge >= 0.3 is 0 Å². The lowest BCUT2D eigenvalue weighted by molar-refractivity contribution is -0.131. The van der Waals surface area contributed by atoms with Crippen LogP contribution in [0.25, 0.3) is 0 Å². The average Bonchev–Trinajstić information content (AvgIpc) is 3.38.